The summed E-state index contributed by atoms with van der Waals surface area (Å²) in [6, 6.07) is 7.71. The van der Waals surface area contributed by atoms with Gasteiger partial charge in [-0.05, 0) is 50.1 Å². The molecule has 1 aromatic heterocycles. The van der Waals surface area contributed by atoms with Crippen molar-refractivity contribution in [1.29, 1.82) is 0 Å². The van der Waals surface area contributed by atoms with Crippen molar-refractivity contribution in [1.82, 2.24) is 9.97 Å². The molecule has 0 aliphatic rings. The van der Waals surface area contributed by atoms with Gasteiger partial charge in [0.25, 0.3) is 0 Å². The van der Waals surface area contributed by atoms with Crippen LogP contribution in [0, 0.1) is 0 Å². The van der Waals surface area contributed by atoms with Crippen LogP contribution in [0.3, 0.4) is 0 Å². The Balaban J connectivity index is 2.27. The average Bonchev–Trinajstić information content (AvgIpc) is 2.22. The van der Waals surface area contributed by atoms with E-state index in [0.717, 1.165) is 25.1 Å². The van der Waals surface area contributed by atoms with Crippen molar-refractivity contribution in [2.45, 2.75) is 0 Å². The van der Waals surface area contributed by atoms with E-state index in [1.54, 1.807) is 0 Å². The highest BCUT2D eigenvalue weighted by atomic mass is 79.9. The number of nitrogens with zero attached hydrogens (tertiary/aromatic N) is 2. The maximum absolute atomic E-state index is 4.11. The van der Waals surface area contributed by atoms with E-state index in [-0.39, 0.29) is 0 Å². The third kappa shape index (κ3) is 3.02. The van der Waals surface area contributed by atoms with Crippen LogP contribution in [0.15, 0.2) is 44.1 Å². The highest BCUT2D eigenvalue weighted by Crippen LogP contribution is 2.28. The molecule has 2 rings (SSSR count). The monoisotopic (exact) mass is 405 g/mol. The Morgan fingerprint density at radius 3 is 2.50 bits per heavy atom. The molecule has 0 fully saturated rings. The molecule has 0 saturated carbocycles. The number of anilines is 2. The zero-order chi connectivity index (χ0) is 11.5. The van der Waals surface area contributed by atoms with Crippen LogP contribution >= 0.6 is 47.8 Å². The van der Waals surface area contributed by atoms with Crippen molar-refractivity contribution < 1.29 is 0 Å². The summed E-state index contributed by atoms with van der Waals surface area (Å²) in [7, 11) is 0. The summed E-state index contributed by atoms with van der Waals surface area (Å²) in [6.45, 7) is 0. The molecular formula is C10H6Br3N3. The molecule has 0 atom stereocenters. The highest BCUT2D eigenvalue weighted by Gasteiger charge is 2.02. The maximum atomic E-state index is 4.11. The first-order valence-electron chi connectivity index (χ1n) is 4.35. The minimum atomic E-state index is 0.741. The maximum Gasteiger partial charge on any atom is 0.134 e. The van der Waals surface area contributed by atoms with Crippen LogP contribution in [0.1, 0.15) is 0 Å². The molecule has 0 bridgehead atoms. The average molecular weight is 408 g/mol. The van der Waals surface area contributed by atoms with Gasteiger partial charge in [-0.2, -0.15) is 0 Å². The van der Waals surface area contributed by atoms with Crippen molar-refractivity contribution in [3.63, 3.8) is 0 Å². The molecule has 3 nitrogen and oxygen atoms in total. The van der Waals surface area contributed by atoms with Gasteiger partial charge in [-0.15, -0.1) is 0 Å². The van der Waals surface area contributed by atoms with E-state index in [1.807, 2.05) is 24.3 Å². The zero-order valence-corrected chi connectivity index (χ0v) is 12.7. The van der Waals surface area contributed by atoms with E-state index in [0.29, 0.717) is 0 Å². The highest BCUT2D eigenvalue weighted by molar-refractivity contribution is 9.11. The topological polar surface area (TPSA) is 37.8 Å². The first kappa shape index (κ1) is 12.0. The minimum absolute atomic E-state index is 0.741. The second-order valence-corrected chi connectivity index (χ2v) is 5.56. The molecule has 0 saturated heterocycles. The first-order valence-corrected chi connectivity index (χ1v) is 6.72. The van der Waals surface area contributed by atoms with E-state index in [1.165, 1.54) is 6.33 Å². The number of hydrogen-bond donors (Lipinski definition) is 1. The fourth-order valence-electron chi connectivity index (χ4n) is 1.13. The molecule has 82 valence electrons. The van der Waals surface area contributed by atoms with Crippen LogP contribution in [-0.2, 0) is 0 Å². The fourth-order valence-corrected chi connectivity index (χ4v) is 2.59. The third-order valence-electron chi connectivity index (χ3n) is 1.83. The standard InChI is InChI=1S/C10H6Br3N3/c11-6-1-2-8(7(12)3-6)16-10-4-9(13)14-5-15-10/h1-5H,(H,14,15,16). The lowest BCUT2D eigenvalue weighted by Gasteiger charge is -2.07. The van der Waals surface area contributed by atoms with E-state index in [4.69, 9.17) is 0 Å². The molecule has 16 heavy (non-hydrogen) atoms. The summed E-state index contributed by atoms with van der Waals surface area (Å²) in [4.78, 5) is 8.08. The minimum Gasteiger partial charge on any atom is -0.339 e. The second kappa shape index (κ2) is 5.25. The quantitative estimate of drug-likeness (QED) is 0.744. The number of rotatable bonds is 2. The molecule has 1 heterocycles. The summed E-state index contributed by atoms with van der Waals surface area (Å²) in [5.41, 5.74) is 0.953. The van der Waals surface area contributed by atoms with Gasteiger partial charge in [-0.25, -0.2) is 9.97 Å². The van der Waals surface area contributed by atoms with Gasteiger partial charge in [0.05, 0.1) is 5.69 Å². The lowest BCUT2D eigenvalue weighted by Crippen LogP contribution is -1.94. The van der Waals surface area contributed by atoms with Crippen LogP contribution in [0.4, 0.5) is 11.5 Å². The van der Waals surface area contributed by atoms with E-state index >= 15 is 0 Å². The molecule has 2 aromatic rings. The molecule has 1 aromatic carbocycles. The number of aromatic nitrogens is 2. The van der Waals surface area contributed by atoms with Crippen molar-refractivity contribution >= 4 is 59.3 Å². The summed E-state index contributed by atoms with van der Waals surface area (Å²) >= 11 is 10.2. The Morgan fingerprint density at radius 2 is 1.81 bits per heavy atom. The van der Waals surface area contributed by atoms with Crippen LogP contribution in [0.2, 0.25) is 0 Å². The van der Waals surface area contributed by atoms with Crippen LogP contribution in [-0.4, -0.2) is 9.97 Å². The number of halogens is 3. The molecular weight excluding hydrogens is 402 g/mol. The third-order valence-corrected chi connectivity index (χ3v) is 3.41. The van der Waals surface area contributed by atoms with Crippen LogP contribution < -0.4 is 5.32 Å². The first-order chi connectivity index (χ1) is 7.65. The van der Waals surface area contributed by atoms with Crippen LogP contribution in [0.5, 0.6) is 0 Å². The van der Waals surface area contributed by atoms with Gasteiger partial charge in [-0.1, -0.05) is 15.9 Å². The molecule has 0 amide bonds. The predicted molar refractivity (Wildman–Crippen MR) is 74.9 cm³/mol. The number of benzene rings is 1. The van der Waals surface area contributed by atoms with E-state index < -0.39 is 0 Å². The van der Waals surface area contributed by atoms with Gasteiger partial charge in [0.1, 0.15) is 16.7 Å². The van der Waals surface area contributed by atoms with E-state index in [9.17, 15) is 0 Å². The summed E-state index contributed by atoms with van der Waals surface area (Å²) < 4.78 is 2.74. The molecule has 0 spiro atoms. The van der Waals surface area contributed by atoms with Crippen molar-refractivity contribution in [3.05, 3.63) is 44.1 Å². The number of hydrogen-bond acceptors (Lipinski definition) is 3. The molecule has 0 aliphatic carbocycles. The SMILES string of the molecule is Brc1ccc(Nc2cc(Br)ncn2)c(Br)c1. The Hall–Kier alpha value is -0.460. The van der Waals surface area contributed by atoms with Gasteiger partial charge in [0, 0.05) is 15.0 Å². The van der Waals surface area contributed by atoms with Gasteiger partial charge in [-0.3, -0.25) is 0 Å². The number of nitrogens with one attached hydrogen (secondary N) is 1. The Morgan fingerprint density at radius 1 is 1.00 bits per heavy atom. The largest absolute Gasteiger partial charge is 0.339 e. The fraction of sp³-hybridized carbons (Fsp3) is 0. The molecule has 0 aliphatic heterocycles. The smallest absolute Gasteiger partial charge is 0.134 e. The molecule has 6 heteroatoms. The van der Waals surface area contributed by atoms with Gasteiger partial charge >= 0.3 is 0 Å². The van der Waals surface area contributed by atoms with Gasteiger partial charge in [0.15, 0.2) is 0 Å². The second-order valence-electron chi connectivity index (χ2n) is 2.98. The molecule has 0 radical (unpaired) electrons. The van der Waals surface area contributed by atoms with Crippen molar-refractivity contribution in [2.75, 3.05) is 5.32 Å². The van der Waals surface area contributed by atoms with Gasteiger partial charge in [0.2, 0.25) is 0 Å². The summed E-state index contributed by atoms with van der Waals surface area (Å²) in [5, 5.41) is 3.19. The Bertz CT molecular complexity index is 516. The van der Waals surface area contributed by atoms with Crippen LogP contribution in [0.25, 0.3) is 0 Å². The predicted octanol–water partition coefficient (Wildman–Crippen LogP) is 4.51. The molecule has 0 unspecified atom stereocenters. The summed E-state index contributed by atoms with van der Waals surface area (Å²) in [6.07, 6.45) is 1.50. The Labute approximate surface area is 118 Å². The molecule has 1 N–H and O–H groups in total. The lowest BCUT2D eigenvalue weighted by atomic mass is 10.3. The van der Waals surface area contributed by atoms with Crippen molar-refractivity contribution in [3.8, 4) is 0 Å². The lowest BCUT2D eigenvalue weighted by molar-refractivity contribution is 1.14. The normalized spacial score (nSPS) is 10.2. The van der Waals surface area contributed by atoms with Gasteiger partial charge < -0.3 is 5.32 Å². The zero-order valence-electron chi connectivity index (χ0n) is 7.92. The van der Waals surface area contributed by atoms with Crippen molar-refractivity contribution in [2.24, 2.45) is 0 Å². The van der Waals surface area contributed by atoms with E-state index in [2.05, 4.69) is 63.1 Å². The Kier molecular flexibility index (Phi) is 3.94. The summed E-state index contributed by atoms with van der Waals surface area (Å²) in [5.74, 6) is 0.741.